The summed E-state index contributed by atoms with van der Waals surface area (Å²) in [6.07, 6.45) is 0.611. The third-order valence-electron chi connectivity index (χ3n) is 5.67. The number of fused-ring (bicyclic) bond motifs is 3. The second kappa shape index (κ2) is 8.73. The fourth-order valence-corrected chi connectivity index (χ4v) is 3.65. The molecule has 3 rings (SSSR count). The Labute approximate surface area is 175 Å². The summed E-state index contributed by atoms with van der Waals surface area (Å²) in [5, 5.41) is 14.8. The number of urea groups is 1. The molecule has 3 atom stereocenters. The van der Waals surface area contributed by atoms with Crippen LogP contribution in [0.3, 0.4) is 0 Å². The van der Waals surface area contributed by atoms with Gasteiger partial charge in [-0.15, -0.1) is 0 Å². The topological polar surface area (TPSA) is 117 Å². The van der Waals surface area contributed by atoms with Crippen LogP contribution in [0.15, 0.2) is 24.3 Å². The summed E-state index contributed by atoms with van der Waals surface area (Å²) in [5.74, 6) is -1.49. The molecule has 0 saturated heterocycles. The molecule has 2 aromatic rings. The molecule has 1 aromatic heterocycles. The Morgan fingerprint density at radius 1 is 1.10 bits per heavy atom. The van der Waals surface area contributed by atoms with Gasteiger partial charge in [0.2, 0.25) is 11.9 Å². The van der Waals surface area contributed by atoms with Crippen molar-refractivity contribution in [1.29, 1.82) is 0 Å². The van der Waals surface area contributed by atoms with E-state index in [2.05, 4.69) is 15.6 Å². The molecule has 3 N–H and O–H groups in total. The van der Waals surface area contributed by atoms with E-state index in [-0.39, 0.29) is 11.8 Å². The Balaban J connectivity index is 1.75. The number of rotatable bonds is 7. The summed E-state index contributed by atoms with van der Waals surface area (Å²) in [7, 11) is 0. The van der Waals surface area contributed by atoms with Crippen molar-refractivity contribution in [2.75, 3.05) is 11.4 Å². The van der Waals surface area contributed by atoms with Gasteiger partial charge in [0.05, 0.1) is 11.0 Å². The zero-order valence-electron chi connectivity index (χ0n) is 17.8. The first-order chi connectivity index (χ1) is 14.2. The average Bonchev–Trinajstić information content (AvgIpc) is 3.28. The van der Waals surface area contributed by atoms with E-state index in [1.807, 2.05) is 49.6 Å². The Kier molecular flexibility index (Phi) is 6.28. The SMILES string of the molecule is CC[C@@H](C)[C@H](NC(=O)[C@@H](NC(=O)N1CCn2c1nc1ccccc12)C(C)C)C(=O)O. The second-order valence-corrected chi connectivity index (χ2v) is 8.09. The normalized spacial score (nSPS) is 16.2. The maximum absolute atomic E-state index is 13.0. The molecule has 30 heavy (non-hydrogen) atoms. The number of imidazole rings is 1. The highest BCUT2D eigenvalue weighted by atomic mass is 16.4. The van der Waals surface area contributed by atoms with Crippen LogP contribution in [0.2, 0.25) is 0 Å². The quantitative estimate of drug-likeness (QED) is 0.641. The van der Waals surface area contributed by atoms with Crippen molar-refractivity contribution in [3.8, 4) is 0 Å². The predicted octanol–water partition coefficient (Wildman–Crippen LogP) is 2.21. The summed E-state index contributed by atoms with van der Waals surface area (Å²) in [5.41, 5.74) is 1.76. The molecule has 162 valence electrons. The van der Waals surface area contributed by atoms with Gasteiger partial charge >= 0.3 is 12.0 Å². The predicted molar refractivity (Wildman–Crippen MR) is 113 cm³/mol. The Morgan fingerprint density at radius 3 is 2.43 bits per heavy atom. The van der Waals surface area contributed by atoms with E-state index >= 15 is 0 Å². The summed E-state index contributed by atoms with van der Waals surface area (Å²) < 4.78 is 1.97. The maximum atomic E-state index is 13.0. The number of nitrogens with one attached hydrogen (secondary N) is 2. The first-order valence-corrected chi connectivity index (χ1v) is 10.3. The van der Waals surface area contributed by atoms with Crippen LogP contribution in [0.4, 0.5) is 10.7 Å². The van der Waals surface area contributed by atoms with E-state index in [1.54, 1.807) is 6.92 Å². The van der Waals surface area contributed by atoms with Gasteiger partial charge < -0.3 is 20.3 Å². The highest BCUT2D eigenvalue weighted by Crippen LogP contribution is 2.27. The molecule has 0 bridgehead atoms. The van der Waals surface area contributed by atoms with Gasteiger partial charge in [-0.3, -0.25) is 9.69 Å². The van der Waals surface area contributed by atoms with Crippen molar-refractivity contribution in [1.82, 2.24) is 20.2 Å². The number of benzene rings is 1. The highest BCUT2D eigenvalue weighted by Gasteiger charge is 2.34. The van der Waals surface area contributed by atoms with Crippen molar-refractivity contribution in [2.45, 2.75) is 52.7 Å². The number of anilines is 1. The van der Waals surface area contributed by atoms with Crippen molar-refractivity contribution < 1.29 is 19.5 Å². The van der Waals surface area contributed by atoms with E-state index in [0.29, 0.717) is 25.5 Å². The van der Waals surface area contributed by atoms with E-state index in [9.17, 15) is 19.5 Å². The highest BCUT2D eigenvalue weighted by molar-refractivity contribution is 5.97. The third kappa shape index (κ3) is 4.10. The largest absolute Gasteiger partial charge is 0.480 e. The fraction of sp³-hybridized carbons (Fsp3) is 0.524. The zero-order valence-corrected chi connectivity index (χ0v) is 17.8. The van der Waals surface area contributed by atoms with Crippen LogP contribution < -0.4 is 15.5 Å². The molecule has 9 heteroatoms. The Bertz CT molecular complexity index is 954. The van der Waals surface area contributed by atoms with Gasteiger partial charge in [0.15, 0.2) is 0 Å². The summed E-state index contributed by atoms with van der Waals surface area (Å²) in [6, 6.07) is 5.38. The van der Waals surface area contributed by atoms with Gasteiger partial charge in [0.25, 0.3) is 0 Å². The summed E-state index contributed by atoms with van der Waals surface area (Å²) >= 11 is 0. The lowest BCUT2D eigenvalue weighted by atomic mass is 9.97. The molecule has 3 amide bonds. The van der Waals surface area contributed by atoms with Gasteiger partial charge in [-0.05, 0) is 24.0 Å². The van der Waals surface area contributed by atoms with Crippen LogP contribution in [0.1, 0.15) is 34.1 Å². The smallest absolute Gasteiger partial charge is 0.326 e. The lowest BCUT2D eigenvalue weighted by Gasteiger charge is -2.27. The number of amides is 3. The number of para-hydroxylation sites is 2. The number of aromatic nitrogens is 2. The van der Waals surface area contributed by atoms with Gasteiger partial charge in [-0.25, -0.2) is 14.6 Å². The molecule has 0 radical (unpaired) electrons. The molecule has 9 nitrogen and oxygen atoms in total. The molecule has 0 unspecified atom stereocenters. The number of aliphatic carboxylic acids is 1. The monoisotopic (exact) mass is 415 g/mol. The standard InChI is InChI=1S/C21H29N5O4/c1-5-13(4)17(19(28)29)23-18(27)16(12(2)3)24-21(30)26-11-10-25-15-9-7-6-8-14(15)22-20(25)26/h6-9,12-13,16-17H,5,10-11H2,1-4H3,(H,23,27)(H,24,30)(H,28,29)/t13-,16+,17+/m1/s1. The minimum Gasteiger partial charge on any atom is -0.480 e. The van der Waals surface area contributed by atoms with Crippen LogP contribution in [0.25, 0.3) is 11.0 Å². The van der Waals surface area contributed by atoms with Crippen LogP contribution in [0.5, 0.6) is 0 Å². The number of carbonyl (C=O) groups is 3. The molecule has 0 spiro atoms. The number of carboxylic acid groups (broad SMARTS) is 1. The number of hydrogen-bond donors (Lipinski definition) is 3. The summed E-state index contributed by atoms with van der Waals surface area (Å²) in [6.45, 7) is 8.34. The number of carboxylic acids is 1. The lowest BCUT2D eigenvalue weighted by Crippen LogP contribution is -2.57. The average molecular weight is 415 g/mol. The van der Waals surface area contributed by atoms with Crippen LogP contribution in [-0.4, -0.2) is 51.2 Å². The summed E-state index contributed by atoms with van der Waals surface area (Å²) in [4.78, 5) is 43.4. The lowest BCUT2D eigenvalue weighted by molar-refractivity contribution is -0.143. The Morgan fingerprint density at radius 2 is 1.80 bits per heavy atom. The molecule has 0 aliphatic carbocycles. The Hall–Kier alpha value is -3.10. The van der Waals surface area contributed by atoms with Crippen LogP contribution >= 0.6 is 0 Å². The van der Waals surface area contributed by atoms with Crippen LogP contribution in [0, 0.1) is 11.8 Å². The maximum Gasteiger partial charge on any atom is 0.326 e. The van der Waals surface area contributed by atoms with E-state index in [4.69, 9.17) is 0 Å². The van der Waals surface area contributed by atoms with Crippen molar-refractivity contribution >= 4 is 34.9 Å². The van der Waals surface area contributed by atoms with Crippen LogP contribution in [-0.2, 0) is 16.1 Å². The number of carbonyl (C=O) groups excluding carboxylic acids is 2. The van der Waals surface area contributed by atoms with E-state index < -0.39 is 30.0 Å². The molecule has 0 saturated carbocycles. The minimum atomic E-state index is -1.08. The molecular weight excluding hydrogens is 386 g/mol. The minimum absolute atomic E-state index is 0.221. The van der Waals surface area contributed by atoms with Crippen molar-refractivity contribution in [3.63, 3.8) is 0 Å². The van der Waals surface area contributed by atoms with E-state index in [0.717, 1.165) is 11.0 Å². The number of hydrogen-bond acceptors (Lipinski definition) is 4. The molecule has 1 aliphatic rings. The molecule has 1 aliphatic heterocycles. The van der Waals surface area contributed by atoms with Gasteiger partial charge in [0.1, 0.15) is 12.1 Å². The van der Waals surface area contributed by atoms with Gasteiger partial charge in [0, 0.05) is 13.1 Å². The molecule has 1 aromatic carbocycles. The second-order valence-electron chi connectivity index (χ2n) is 8.09. The third-order valence-corrected chi connectivity index (χ3v) is 5.67. The molecular formula is C21H29N5O4. The van der Waals surface area contributed by atoms with Crippen molar-refractivity contribution in [2.24, 2.45) is 11.8 Å². The first kappa shape index (κ1) is 21.6. The fourth-order valence-electron chi connectivity index (χ4n) is 3.65. The first-order valence-electron chi connectivity index (χ1n) is 10.3. The molecule has 2 heterocycles. The van der Waals surface area contributed by atoms with Gasteiger partial charge in [-0.2, -0.15) is 0 Å². The number of nitrogens with zero attached hydrogens (tertiary/aromatic N) is 3. The zero-order chi connectivity index (χ0) is 22.0. The van der Waals surface area contributed by atoms with Gasteiger partial charge in [-0.1, -0.05) is 46.2 Å². The van der Waals surface area contributed by atoms with Crippen molar-refractivity contribution in [3.05, 3.63) is 24.3 Å². The van der Waals surface area contributed by atoms with E-state index in [1.165, 1.54) is 4.90 Å². The molecule has 0 fully saturated rings.